The van der Waals surface area contributed by atoms with Gasteiger partial charge in [-0.05, 0) is 18.9 Å². The van der Waals surface area contributed by atoms with Crippen molar-refractivity contribution in [2.45, 2.75) is 39.7 Å². The summed E-state index contributed by atoms with van der Waals surface area (Å²) in [6, 6.07) is -0.0563. The summed E-state index contributed by atoms with van der Waals surface area (Å²) in [4.78, 5) is 17.1. The molecule has 23 heavy (non-hydrogen) atoms. The van der Waals surface area contributed by atoms with Crippen LogP contribution in [0.2, 0.25) is 5.02 Å². The van der Waals surface area contributed by atoms with Gasteiger partial charge in [-0.15, -0.1) is 0 Å². The Morgan fingerprint density at radius 1 is 1.13 bits per heavy atom. The molecule has 0 aliphatic heterocycles. The fourth-order valence-corrected chi connectivity index (χ4v) is 2.75. The lowest BCUT2D eigenvalue weighted by molar-refractivity contribution is 0.397. The van der Waals surface area contributed by atoms with E-state index in [1.165, 1.54) is 6.20 Å². The number of aromatic nitrogens is 5. The van der Waals surface area contributed by atoms with Crippen LogP contribution in [-0.4, -0.2) is 29.6 Å². The summed E-state index contributed by atoms with van der Waals surface area (Å²) in [5, 5.41) is 10.6. The van der Waals surface area contributed by atoms with Gasteiger partial charge in [-0.2, -0.15) is 4.98 Å². The molecule has 0 saturated carbocycles. The molecule has 0 unspecified atom stereocenters. The van der Waals surface area contributed by atoms with Gasteiger partial charge in [-0.25, -0.2) is 15.0 Å². The van der Waals surface area contributed by atoms with Crippen molar-refractivity contribution in [2.75, 3.05) is 0 Å². The van der Waals surface area contributed by atoms with Crippen LogP contribution in [0.25, 0.3) is 22.6 Å². The van der Waals surface area contributed by atoms with Crippen LogP contribution in [0.4, 0.5) is 0 Å². The smallest absolute Gasteiger partial charge is 0.296 e. The van der Waals surface area contributed by atoms with Gasteiger partial charge in [0.25, 0.3) is 6.01 Å². The second kappa shape index (κ2) is 6.50. The molecule has 0 atom stereocenters. The zero-order chi connectivity index (χ0) is 16.4. The lowest BCUT2D eigenvalue weighted by Crippen LogP contribution is -2.01. The van der Waals surface area contributed by atoms with Gasteiger partial charge in [-0.1, -0.05) is 31.4 Å². The zero-order valence-corrected chi connectivity index (χ0v) is 13.9. The monoisotopic (exact) mass is 331 g/mol. The van der Waals surface area contributed by atoms with E-state index in [1.807, 2.05) is 6.92 Å². The molecular weight excluding hydrogens is 314 g/mol. The summed E-state index contributed by atoms with van der Waals surface area (Å²) in [6.07, 6.45) is 8.11. The van der Waals surface area contributed by atoms with Gasteiger partial charge >= 0.3 is 0 Å². The number of aromatic hydroxyl groups is 1. The van der Waals surface area contributed by atoms with E-state index in [1.54, 1.807) is 17.0 Å². The maximum absolute atomic E-state index is 10.2. The number of fused-ring (bicyclic) bond motifs is 1. The molecule has 6 nitrogen and oxygen atoms in total. The summed E-state index contributed by atoms with van der Waals surface area (Å²) < 4.78 is 1.74. The first-order valence-electron chi connectivity index (χ1n) is 7.64. The third kappa shape index (κ3) is 2.99. The molecule has 0 saturated heterocycles. The Morgan fingerprint density at radius 3 is 2.57 bits per heavy atom. The molecular formula is C16H18ClN5O. The predicted molar refractivity (Wildman–Crippen MR) is 89.5 cm³/mol. The molecule has 0 bridgehead atoms. The van der Waals surface area contributed by atoms with Gasteiger partial charge < -0.3 is 5.11 Å². The maximum atomic E-state index is 10.2. The van der Waals surface area contributed by atoms with Gasteiger partial charge in [0.1, 0.15) is 5.52 Å². The zero-order valence-electron chi connectivity index (χ0n) is 13.1. The van der Waals surface area contributed by atoms with E-state index >= 15 is 0 Å². The van der Waals surface area contributed by atoms with Gasteiger partial charge in [0.05, 0.1) is 10.6 Å². The number of rotatable bonds is 5. The normalized spacial score (nSPS) is 11.3. The largest absolute Gasteiger partial charge is 0.480 e. The van der Waals surface area contributed by atoms with Gasteiger partial charge in [0.15, 0.2) is 11.5 Å². The first-order valence-corrected chi connectivity index (χ1v) is 8.02. The van der Waals surface area contributed by atoms with Gasteiger partial charge in [0, 0.05) is 25.1 Å². The Morgan fingerprint density at radius 2 is 1.87 bits per heavy atom. The molecule has 0 aliphatic rings. The van der Waals surface area contributed by atoms with Crippen molar-refractivity contribution in [3.63, 3.8) is 0 Å². The number of hydrogen-bond donors (Lipinski definition) is 1. The maximum Gasteiger partial charge on any atom is 0.296 e. The molecule has 3 aromatic heterocycles. The first-order chi connectivity index (χ1) is 11.1. The van der Waals surface area contributed by atoms with Gasteiger partial charge in [0.2, 0.25) is 0 Å². The van der Waals surface area contributed by atoms with Crippen LogP contribution in [-0.2, 0) is 6.54 Å². The van der Waals surface area contributed by atoms with Crippen molar-refractivity contribution >= 4 is 22.8 Å². The number of imidazole rings is 1. The summed E-state index contributed by atoms with van der Waals surface area (Å²) >= 11 is 6.35. The number of nitrogens with zero attached hydrogens (tertiary/aromatic N) is 5. The highest BCUT2D eigenvalue weighted by Gasteiger charge is 2.20. The summed E-state index contributed by atoms with van der Waals surface area (Å²) in [7, 11) is 0. The standard InChI is InChI=1S/C16H18ClN5O/c1-3-4-5-6-22-13-12(14-18-7-10(2)8-19-14)11(17)9-20-15(13)21-16(22)23/h7-9H,3-6H2,1-2H3,(H,20,21,23). The van der Waals surface area contributed by atoms with E-state index in [0.717, 1.165) is 24.8 Å². The van der Waals surface area contributed by atoms with Crippen LogP contribution >= 0.6 is 11.6 Å². The van der Waals surface area contributed by atoms with Crippen LogP contribution in [0.15, 0.2) is 18.6 Å². The van der Waals surface area contributed by atoms with Crippen molar-refractivity contribution in [3.05, 3.63) is 29.2 Å². The number of pyridine rings is 1. The molecule has 0 fully saturated rings. The lowest BCUT2D eigenvalue weighted by atomic mass is 10.2. The second-order valence-corrected chi connectivity index (χ2v) is 5.92. The Hall–Kier alpha value is -2.21. The molecule has 120 valence electrons. The highest BCUT2D eigenvalue weighted by atomic mass is 35.5. The average molecular weight is 332 g/mol. The lowest BCUT2D eigenvalue weighted by Gasteiger charge is -2.09. The predicted octanol–water partition coefficient (Wildman–Crippen LogP) is 3.75. The summed E-state index contributed by atoms with van der Waals surface area (Å²) in [5.41, 5.74) is 2.74. The molecule has 3 aromatic rings. The first kappa shape index (κ1) is 15.7. The van der Waals surface area contributed by atoms with E-state index in [4.69, 9.17) is 11.6 Å². The average Bonchev–Trinajstić information content (AvgIpc) is 2.85. The molecule has 0 aromatic carbocycles. The third-order valence-corrected chi connectivity index (χ3v) is 3.98. The van der Waals surface area contributed by atoms with Crippen LogP contribution in [0.5, 0.6) is 6.01 Å². The van der Waals surface area contributed by atoms with Crippen molar-refractivity contribution in [1.29, 1.82) is 0 Å². The topological polar surface area (TPSA) is 76.7 Å². The minimum absolute atomic E-state index is 0.0563. The minimum Gasteiger partial charge on any atom is -0.480 e. The molecule has 0 spiro atoms. The number of hydrogen-bond acceptors (Lipinski definition) is 5. The highest BCUT2D eigenvalue weighted by Crippen LogP contribution is 2.34. The fraction of sp³-hybridized carbons (Fsp3) is 0.375. The highest BCUT2D eigenvalue weighted by molar-refractivity contribution is 6.34. The van der Waals surface area contributed by atoms with E-state index in [2.05, 4.69) is 26.9 Å². The fourth-order valence-electron chi connectivity index (χ4n) is 2.53. The molecule has 0 aliphatic carbocycles. The number of aryl methyl sites for hydroxylation is 2. The molecule has 0 radical (unpaired) electrons. The summed E-state index contributed by atoms with van der Waals surface area (Å²) in [5.74, 6) is 0.504. The van der Waals surface area contributed by atoms with E-state index in [9.17, 15) is 5.11 Å². The van der Waals surface area contributed by atoms with Crippen LogP contribution < -0.4 is 0 Å². The number of unbranched alkanes of at least 4 members (excludes halogenated alkanes) is 2. The minimum atomic E-state index is -0.0563. The number of halogens is 1. The molecule has 7 heteroatoms. The van der Waals surface area contributed by atoms with Crippen LogP contribution in [0, 0.1) is 6.92 Å². The summed E-state index contributed by atoms with van der Waals surface area (Å²) in [6.45, 7) is 4.71. The van der Waals surface area contributed by atoms with E-state index in [0.29, 0.717) is 34.1 Å². The molecule has 3 rings (SSSR count). The Kier molecular flexibility index (Phi) is 4.43. The molecule has 1 N–H and O–H groups in total. The Labute approximate surface area is 139 Å². The van der Waals surface area contributed by atoms with Crippen molar-refractivity contribution in [3.8, 4) is 17.4 Å². The van der Waals surface area contributed by atoms with Crippen molar-refractivity contribution in [2.24, 2.45) is 0 Å². The molecule has 3 heterocycles. The Bertz CT molecular complexity index is 829. The SMILES string of the molecule is CCCCCn1c(O)nc2ncc(Cl)c(-c3ncc(C)cn3)c21. The van der Waals surface area contributed by atoms with Crippen molar-refractivity contribution in [1.82, 2.24) is 24.5 Å². The van der Waals surface area contributed by atoms with E-state index in [-0.39, 0.29) is 6.01 Å². The van der Waals surface area contributed by atoms with Crippen LogP contribution in [0.1, 0.15) is 31.7 Å². The molecule has 0 amide bonds. The van der Waals surface area contributed by atoms with Gasteiger partial charge in [-0.3, -0.25) is 4.57 Å². The second-order valence-electron chi connectivity index (χ2n) is 5.51. The quantitative estimate of drug-likeness (QED) is 0.720. The van der Waals surface area contributed by atoms with Crippen molar-refractivity contribution < 1.29 is 5.11 Å². The third-order valence-electron chi connectivity index (χ3n) is 3.69. The van der Waals surface area contributed by atoms with E-state index < -0.39 is 0 Å². The Balaban J connectivity index is 2.19. The van der Waals surface area contributed by atoms with Crippen LogP contribution in [0.3, 0.4) is 0 Å².